The summed E-state index contributed by atoms with van der Waals surface area (Å²) in [4.78, 5) is 5.51. The zero-order chi connectivity index (χ0) is 11.8. The summed E-state index contributed by atoms with van der Waals surface area (Å²) in [7, 11) is 0. The van der Waals surface area contributed by atoms with E-state index in [0.29, 0.717) is 0 Å². The van der Waals surface area contributed by atoms with Gasteiger partial charge in [0.2, 0.25) is 0 Å². The molecule has 0 saturated heterocycles. The van der Waals surface area contributed by atoms with E-state index >= 15 is 0 Å². The number of fused-ring (bicyclic) bond motifs is 1. The molecule has 17 heavy (non-hydrogen) atoms. The summed E-state index contributed by atoms with van der Waals surface area (Å²) < 4.78 is 2.65. The number of rotatable bonds is 2. The van der Waals surface area contributed by atoms with Crippen LogP contribution in [0.15, 0.2) is 12.1 Å². The number of aliphatic hydroxyl groups excluding tert-OH is 1. The fourth-order valence-corrected chi connectivity index (χ4v) is 3.12. The minimum Gasteiger partial charge on any atom is -0.396 e. The van der Waals surface area contributed by atoms with Gasteiger partial charge in [0.15, 0.2) is 5.82 Å². The molecule has 1 aliphatic rings. The Morgan fingerprint density at radius 3 is 3.12 bits per heavy atom. The van der Waals surface area contributed by atoms with E-state index in [1.807, 2.05) is 16.8 Å². The van der Waals surface area contributed by atoms with E-state index in [-0.39, 0.29) is 12.5 Å². The molecule has 0 amide bonds. The Bertz CT molecular complexity index is 537. The van der Waals surface area contributed by atoms with Crippen molar-refractivity contribution in [1.29, 1.82) is 0 Å². The minimum absolute atomic E-state index is 0.125. The molecule has 0 saturated carbocycles. The highest BCUT2D eigenvalue weighted by atomic mass is 35.5. The lowest BCUT2D eigenvalue weighted by atomic mass is 10.0. The summed E-state index contributed by atoms with van der Waals surface area (Å²) in [5.74, 6) is 1.75. The van der Waals surface area contributed by atoms with E-state index in [1.165, 1.54) is 11.3 Å². The third-order valence-corrected chi connectivity index (χ3v) is 4.23. The quantitative estimate of drug-likeness (QED) is 0.911. The second-order valence-electron chi connectivity index (χ2n) is 4.14. The molecule has 2 aromatic heterocycles. The molecule has 0 spiro atoms. The van der Waals surface area contributed by atoms with Gasteiger partial charge in [-0.1, -0.05) is 11.6 Å². The van der Waals surface area contributed by atoms with Crippen LogP contribution in [0.5, 0.6) is 0 Å². The third-order valence-electron chi connectivity index (χ3n) is 3.00. The van der Waals surface area contributed by atoms with Gasteiger partial charge in [-0.2, -0.15) is 0 Å². The second kappa shape index (κ2) is 4.40. The van der Waals surface area contributed by atoms with Gasteiger partial charge < -0.3 is 5.11 Å². The van der Waals surface area contributed by atoms with Crippen molar-refractivity contribution >= 4 is 22.9 Å². The zero-order valence-electron chi connectivity index (χ0n) is 9.14. The minimum atomic E-state index is 0.125. The van der Waals surface area contributed by atoms with Crippen molar-refractivity contribution in [3.8, 4) is 10.7 Å². The SMILES string of the molecule is OCC1CCCn2nc(-c3ccc(Cl)s3)nc21. The molecule has 3 heterocycles. The lowest BCUT2D eigenvalue weighted by Gasteiger charge is -2.19. The predicted molar refractivity (Wildman–Crippen MR) is 67.4 cm³/mol. The predicted octanol–water partition coefficient (Wildman–Crippen LogP) is 2.53. The molecule has 1 unspecified atom stereocenters. The second-order valence-corrected chi connectivity index (χ2v) is 5.86. The third kappa shape index (κ3) is 1.99. The number of aromatic nitrogens is 3. The number of thiophene rings is 1. The van der Waals surface area contributed by atoms with E-state index in [1.54, 1.807) is 0 Å². The molecule has 0 aromatic carbocycles. The summed E-state index contributed by atoms with van der Waals surface area (Å²) in [6.07, 6.45) is 2.03. The van der Waals surface area contributed by atoms with Crippen LogP contribution in [-0.4, -0.2) is 26.5 Å². The Morgan fingerprint density at radius 1 is 1.53 bits per heavy atom. The maximum atomic E-state index is 9.32. The van der Waals surface area contributed by atoms with Gasteiger partial charge >= 0.3 is 0 Å². The molecule has 90 valence electrons. The van der Waals surface area contributed by atoms with E-state index in [0.717, 1.165) is 40.2 Å². The Hall–Kier alpha value is -0.910. The number of hydrogen-bond donors (Lipinski definition) is 1. The van der Waals surface area contributed by atoms with Crippen LogP contribution in [0.1, 0.15) is 24.6 Å². The summed E-state index contributed by atoms with van der Waals surface area (Å²) in [6.45, 7) is 1.03. The Labute approximate surface area is 108 Å². The molecule has 0 fully saturated rings. The van der Waals surface area contributed by atoms with Gasteiger partial charge in [-0.05, 0) is 25.0 Å². The van der Waals surface area contributed by atoms with Crippen LogP contribution in [0.2, 0.25) is 4.34 Å². The van der Waals surface area contributed by atoms with Crippen molar-refractivity contribution in [2.75, 3.05) is 6.61 Å². The smallest absolute Gasteiger partial charge is 0.191 e. The fourth-order valence-electron chi connectivity index (χ4n) is 2.15. The molecule has 1 N–H and O–H groups in total. The van der Waals surface area contributed by atoms with Gasteiger partial charge in [-0.25, -0.2) is 9.67 Å². The molecule has 1 aliphatic heterocycles. The molecule has 0 radical (unpaired) electrons. The van der Waals surface area contributed by atoms with Crippen molar-refractivity contribution in [1.82, 2.24) is 14.8 Å². The summed E-state index contributed by atoms with van der Waals surface area (Å²) >= 11 is 7.39. The van der Waals surface area contributed by atoms with Gasteiger partial charge in [0.05, 0.1) is 15.8 Å². The van der Waals surface area contributed by atoms with Gasteiger partial charge in [0.1, 0.15) is 5.82 Å². The van der Waals surface area contributed by atoms with Gasteiger partial charge in [-0.3, -0.25) is 0 Å². The highest BCUT2D eigenvalue weighted by Gasteiger charge is 2.24. The van der Waals surface area contributed by atoms with Crippen LogP contribution in [0.25, 0.3) is 10.7 Å². The number of aliphatic hydroxyl groups is 1. The van der Waals surface area contributed by atoms with E-state index in [2.05, 4.69) is 10.1 Å². The first-order chi connectivity index (χ1) is 8.28. The lowest BCUT2D eigenvalue weighted by Crippen LogP contribution is -2.19. The summed E-state index contributed by atoms with van der Waals surface area (Å²) in [5, 5.41) is 13.8. The van der Waals surface area contributed by atoms with Crippen LogP contribution in [0.4, 0.5) is 0 Å². The molecule has 0 bridgehead atoms. The van der Waals surface area contributed by atoms with Crippen LogP contribution < -0.4 is 0 Å². The van der Waals surface area contributed by atoms with Crippen LogP contribution in [0.3, 0.4) is 0 Å². The Balaban J connectivity index is 2.01. The van der Waals surface area contributed by atoms with Crippen molar-refractivity contribution < 1.29 is 5.11 Å². The van der Waals surface area contributed by atoms with Crippen molar-refractivity contribution in [3.05, 3.63) is 22.3 Å². The number of halogens is 1. The molecular formula is C11H12ClN3OS. The molecule has 0 aliphatic carbocycles. The first-order valence-corrected chi connectivity index (χ1v) is 6.78. The Kier molecular flexibility index (Phi) is 2.90. The average Bonchev–Trinajstić information content (AvgIpc) is 2.93. The van der Waals surface area contributed by atoms with E-state index in [9.17, 15) is 5.11 Å². The largest absolute Gasteiger partial charge is 0.396 e. The lowest BCUT2D eigenvalue weighted by molar-refractivity contribution is 0.234. The van der Waals surface area contributed by atoms with Crippen molar-refractivity contribution in [2.24, 2.45) is 0 Å². The molecule has 4 nitrogen and oxygen atoms in total. The molecule has 2 aromatic rings. The maximum Gasteiger partial charge on any atom is 0.191 e. The molecule has 6 heteroatoms. The van der Waals surface area contributed by atoms with E-state index in [4.69, 9.17) is 11.6 Å². The standard InChI is InChI=1S/C11H12ClN3OS/c12-9-4-3-8(17-9)10-13-11-7(6-16)2-1-5-15(11)14-10/h3-4,7,16H,1-2,5-6H2. The Morgan fingerprint density at radius 2 is 2.41 bits per heavy atom. The summed E-state index contributed by atoms with van der Waals surface area (Å²) in [5.41, 5.74) is 0. The first-order valence-electron chi connectivity index (χ1n) is 5.59. The fraction of sp³-hybridized carbons (Fsp3) is 0.455. The molecule has 3 rings (SSSR count). The topological polar surface area (TPSA) is 50.9 Å². The highest BCUT2D eigenvalue weighted by Crippen LogP contribution is 2.32. The van der Waals surface area contributed by atoms with E-state index < -0.39 is 0 Å². The number of hydrogen-bond acceptors (Lipinski definition) is 4. The zero-order valence-corrected chi connectivity index (χ0v) is 10.7. The maximum absolute atomic E-state index is 9.32. The van der Waals surface area contributed by atoms with Crippen LogP contribution >= 0.6 is 22.9 Å². The number of nitrogens with zero attached hydrogens (tertiary/aromatic N) is 3. The molecular weight excluding hydrogens is 258 g/mol. The monoisotopic (exact) mass is 269 g/mol. The van der Waals surface area contributed by atoms with Gasteiger partial charge in [-0.15, -0.1) is 16.4 Å². The van der Waals surface area contributed by atoms with Gasteiger partial charge in [0, 0.05) is 12.5 Å². The average molecular weight is 270 g/mol. The van der Waals surface area contributed by atoms with Crippen molar-refractivity contribution in [2.45, 2.75) is 25.3 Å². The van der Waals surface area contributed by atoms with Crippen LogP contribution in [-0.2, 0) is 6.54 Å². The van der Waals surface area contributed by atoms with Crippen molar-refractivity contribution in [3.63, 3.8) is 0 Å². The normalized spacial score (nSPS) is 19.3. The summed E-state index contributed by atoms with van der Waals surface area (Å²) in [6, 6.07) is 3.79. The molecule has 1 atom stereocenters. The van der Waals surface area contributed by atoms with Crippen LogP contribution in [0, 0.1) is 0 Å². The first kappa shape index (κ1) is 11.2. The number of aryl methyl sites for hydroxylation is 1. The highest BCUT2D eigenvalue weighted by molar-refractivity contribution is 7.19. The van der Waals surface area contributed by atoms with Gasteiger partial charge in [0.25, 0.3) is 0 Å².